The van der Waals surface area contributed by atoms with Crippen molar-refractivity contribution in [3.63, 3.8) is 0 Å². The highest BCUT2D eigenvalue weighted by Gasteiger charge is 2.30. The van der Waals surface area contributed by atoms with E-state index in [9.17, 15) is 13.2 Å². The van der Waals surface area contributed by atoms with Crippen LogP contribution < -0.4 is 10.9 Å². The number of para-hydroxylation sites is 1. The number of pyridine rings is 1. The van der Waals surface area contributed by atoms with Gasteiger partial charge < -0.3 is 5.43 Å². The summed E-state index contributed by atoms with van der Waals surface area (Å²) in [7, 11) is 0. The Morgan fingerprint density at radius 2 is 1.56 bits per heavy atom. The molecule has 1 aromatic heterocycles. The molecule has 128 valence electrons. The number of rotatable bonds is 5. The van der Waals surface area contributed by atoms with Crippen LogP contribution >= 0.6 is 0 Å². The maximum Gasteiger partial charge on any atom is 0.417 e. The van der Waals surface area contributed by atoms with Gasteiger partial charge in [0.25, 0.3) is 0 Å². The predicted molar refractivity (Wildman–Crippen MR) is 91.6 cm³/mol. The molecule has 0 fully saturated rings. The summed E-state index contributed by atoms with van der Waals surface area (Å²) in [5.74, 6) is 0. The molecule has 0 amide bonds. The van der Waals surface area contributed by atoms with E-state index in [0.717, 1.165) is 29.1 Å². The number of benzene rings is 2. The van der Waals surface area contributed by atoms with E-state index in [2.05, 4.69) is 15.8 Å². The zero-order chi connectivity index (χ0) is 17.7. The molecule has 0 spiro atoms. The largest absolute Gasteiger partial charge is 0.417 e. The highest BCUT2D eigenvalue weighted by molar-refractivity contribution is 5.59. The summed E-state index contributed by atoms with van der Waals surface area (Å²) in [6.07, 6.45) is -3.51. The van der Waals surface area contributed by atoms with E-state index in [1.807, 2.05) is 54.6 Å². The number of halogens is 3. The van der Waals surface area contributed by atoms with Crippen LogP contribution in [0, 0.1) is 0 Å². The molecule has 6 heteroatoms. The normalized spacial score (nSPS) is 11.3. The van der Waals surface area contributed by atoms with Crippen LogP contribution in [-0.4, -0.2) is 4.98 Å². The third-order valence-electron chi connectivity index (χ3n) is 3.64. The van der Waals surface area contributed by atoms with Gasteiger partial charge in [0.2, 0.25) is 0 Å². The molecular weight excluding hydrogens is 327 g/mol. The lowest BCUT2D eigenvalue weighted by atomic mass is 10.1. The van der Waals surface area contributed by atoms with Crippen LogP contribution in [0.1, 0.15) is 11.1 Å². The van der Waals surface area contributed by atoms with Crippen LogP contribution in [-0.2, 0) is 12.7 Å². The van der Waals surface area contributed by atoms with Crippen molar-refractivity contribution in [3.05, 3.63) is 84.1 Å². The van der Waals surface area contributed by atoms with E-state index in [0.29, 0.717) is 12.2 Å². The minimum absolute atomic E-state index is 0.509. The zero-order valence-electron chi connectivity index (χ0n) is 13.2. The Bertz CT molecular complexity index is 798. The Morgan fingerprint density at radius 3 is 2.16 bits per heavy atom. The number of hydrogen-bond donors (Lipinski definition) is 2. The first-order valence-corrected chi connectivity index (χ1v) is 7.69. The SMILES string of the molecule is FC(F)(F)c1ccc(-c2ccc(CNNc3ccccc3)cc2)nc1. The quantitative estimate of drug-likeness (QED) is 0.648. The summed E-state index contributed by atoms with van der Waals surface area (Å²) in [5, 5.41) is 0. The van der Waals surface area contributed by atoms with E-state index >= 15 is 0 Å². The first-order valence-electron chi connectivity index (χ1n) is 7.69. The molecule has 1 heterocycles. The van der Waals surface area contributed by atoms with Gasteiger partial charge in [-0.1, -0.05) is 42.5 Å². The standard InChI is InChI=1S/C19H16F3N3/c20-19(21,22)16-10-11-18(23-13-16)15-8-6-14(7-9-15)12-24-25-17-4-2-1-3-5-17/h1-11,13,24-25H,12H2. The van der Waals surface area contributed by atoms with Crippen LogP contribution in [0.5, 0.6) is 0 Å². The Balaban J connectivity index is 1.60. The molecule has 0 radical (unpaired) electrons. The van der Waals surface area contributed by atoms with E-state index in [1.165, 1.54) is 6.07 Å². The smallest absolute Gasteiger partial charge is 0.321 e. The summed E-state index contributed by atoms with van der Waals surface area (Å²) < 4.78 is 37.7. The van der Waals surface area contributed by atoms with Crippen molar-refractivity contribution in [2.75, 3.05) is 5.43 Å². The van der Waals surface area contributed by atoms with Gasteiger partial charge in [0.05, 0.1) is 11.3 Å². The lowest BCUT2D eigenvalue weighted by Crippen LogP contribution is -2.20. The van der Waals surface area contributed by atoms with Crippen molar-refractivity contribution < 1.29 is 13.2 Å². The van der Waals surface area contributed by atoms with Gasteiger partial charge in [-0.3, -0.25) is 4.98 Å². The van der Waals surface area contributed by atoms with Crippen molar-refractivity contribution >= 4 is 5.69 Å². The summed E-state index contributed by atoms with van der Waals surface area (Å²) in [4.78, 5) is 3.90. The van der Waals surface area contributed by atoms with Gasteiger partial charge in [-0.05, 0) is 29.8 Å². The lowest BCUT2D eigenvalue weighted by Gasteiger charge is -2.09. The molecule has 0 bridgehead atoms. The summed E-state index contributed by atoms with van der Waals surface area (Å²) in [6, 6.07) is 19.7. The van der Waals surface area contributed by atoms with Crippen LogP contribution in [0.15, 0.2) is 72.9 Å². The fraction of sp³-hybridized carbons (Fsp3) is 0.105. The number of anilines is 1. The number of aromatic nitrogens is 1. The van der Waals surface area contributed by atoms with E-state index < -0.39 is 11.7 Å². The second-order valence-electron chi connectivity index (χ2n) is 5.47. The van der Waals surface area contributed by atoms with E-state index in [4.69, 9.17) is 0 Å². The average molecular weight is 343 g/mol. The van der Waals surface area contributed by atoms with Gasteiger partial charge in [0.1, 0.15) is 0 Å². The Morgan fingerprint density at radius 1 is 0.840 bits per heavy atom. The number of nitrogens with one attached hydrogen (secondary N) is 2. The Kier molecular flexibility index (Phi) is 5.00. The fourth-order valence-corrected chi connectivity index (χ4v) is 2.30. The van der Waals surface area contributed by atoms with Crippen LogP contribution in [0.4, 0.5) is 18.9 Å². The molecule has 0 unspecified atom stereocenters. The zero-order valence-corrected chi connectivity index (χ0v) is 13.2. The van der Waals surface area contributed by atoms with Gasteiger partial charge in [0, 0.05) is 24.0 Å². The molecule has 0 atom stereocenters. The number of nitrogens with zero attached hydrogens (tertiary/aromatic N) is 1. The van der Waals surface area contributed by atoms with Gasteiger partial charge in [-0.25, -0.2) is 5.43 Å². The third-order valence-corrected chi connectivity index (χ3v) is 3.64. The van der Waals surface area contributed by atoms with E-state index in [1.54, 1.807) is 0 Å². The third kappa shape index (κ3) is 4.58. The number of alkyl halides is 3. The highest BCUT2D eigenvalue weighted by atomic mass is 19.4. The van der Waals surface area contributed by atoms with Crippen molar-refractivity contribution in [3.8, 4) is 11.3 Å². The molecular formula is C19H16F3N3. The molecule has 0 aliphatic rings. The minimum Gasteiger partial charge on any atom is -0.321 e. The second-order valence-corrected chi connectivity index (χ2v) is 5.47. The van der Waals surface area contributed by atoms with Crippen molar-refractivity contribution in [1.29, 1.82) is 0 Å². The number of hydrazine groups is 1. The first-order chi connectivity index (χ1) is 12.0. The lowest BCUT2D eigenvalue weighted by molar-refractivity contribution is -0.137. The van der Waals surface area contributed by atoms with Crippen molar-refractivity contribution in [1.82, 2.24) is 10.4 Å². The maximum absolute atomic E-state index is 12.6. The molecule has 2 N–H and O–H groups in total. The minimum atomic E-state index is -4.37. The molecule has 0 aliphatic carbocycles. The molecule has 0 saturated carbocycles. The predicted octanol–water partition coefficient (Wildman–Crippen LogP) is 4.88. The van der Waals surface area contributed by atoms with Crippen LogP contribution in [0.2, 0.25) is 0 Å². The second kappa shape index (κ2) is 7.36. The first kappa shape index (κ1) is 17.0. The summed E-state index contributed by atoms with van der Waals surface area (Å²) >= 11 is 0. The topological polar surface area (TPSA) is 37.0 Å². The molecule has 2 aromatic carbocycles. The Labute approximate surface area is 143 Å². The van der Waals surface area contributed by atoms with Crippen molar-refractivity contribution in [2.24, 2.45) is 0 Å². The molecule has 3 rings (SSSR count). The van der Waals surface area contributed by atoms with Crippen molar-refractivity contribution in [2.45, 2.75) is 12.7 Å². The fourth-order valence-electron chi connectivity index (χ4n) is 2.30. The molecule has 0 aliphatic heterocycles. The molecule has 3 nitrogen and oxygen atoms in total. The van der Waals surface area contributed by atoms with Gasteiger partial charge in [-0.2, -0.15) is 13.2 Å². The van der Waals surface area contributed by atoms with Gasteiger partial charge >= 0.3 is 6.18 Å². The average Bonchev–Trinajstić information content (AvgIpc) is 2.63. The monoisotopic (exact) mass is 343 g/mol. The molecule has 25 heavy (non-hydrogen) atoms. The highest BCUT2D eigenvalue weighted by Crippen LogP contribution is 2.29. The maximum atomic E-state index is 12.6. The molecule has 0 saturated heterocycles. The van der Waals surface area contributed by atoms with Crippen LogP contribution in [0.3, 0.4) is 0 Å². The van der Waals surface area contributed by atoms with Gasteiger partial charge in [-0.15, -0.1) is 0 Å². The van der Waals surface area contributed by atoms with Crippen LogP contribution in [0.25, 0.3) is 11.3 Å². The summed E-state index contributed by atoms with van der Waals surface area (Å²) in [5.41, 5.74) is 8.74. The number of hydrogen-bond acceptors (Lipinski definition) is 3. The summed E-state index contributed by atoms with van der Waals surface area (Å²) in [6.45, 7) is 0.607. The molecule has 3 aromatic rings. The Hall–Kier alpha value is -2.86. The van der Waals surface area contributed by atoms with E-state index in [-0.39, 0.29) is 0 Å². The van der Waals surface area contributed by atoms with Gasteiger partial charge in [0.15, 0.2) is 0 Å².